The molecule has 7 heteroatoms. The summed E-state index contributed by atoms with van der Waals surface area (Å²) in [6.45, 7) is 0.579. The SMILES string of the molecule is Cn1c(=O)n(CC(=O)N2CCC(C(=O)O)C2)c2ccccc21. The van der Waals surface area contributed by atoms with Crippen molar-refractivity contribution >= 4 is 22.9 Å². The second-order valence-electron chi connectivity index (χ2n) is 5.58. The molecule has 1 N–H and O–H groups in total. The monoisotopic (exact) mass is 303 g/mol. The van der Waals surface area contributed by atoms with Crippen LogP contribution in [0.1, 0.15) is 6.42 Å². The average Bonchev–Trinajstić information content (AvgIpc) is 3.08. The minimum absolute atomic E-state index is 0.0630. The first kappa shape index (κ1) is 14.4. The third kappa shape index (κ3) is 2.28. The molecule has 2 aromatic rings. The van der Waals surface area contributed by atoms with Gasteiger partial charge in [-0.25, -0.2) is 4.79 Å². The maximum absolute atomic E-state index is 12.4. The molecule has 1 atom stereocenters. The summed E-state index contributed by atoms with van der Waals surface area (Å²) in [5.74, 6) is -1.60. The number of benzene rings is 1. The van der Waals surface area contributed by atoms with Crippen LogP contribution in [0.25, 0.3) is 11.0 Å². The minimum Gasteiger partial charge on any atom is -0.481 e. The van der Waals surface area contributed by atoms with Crippen LogP contribution in [0.5, 0.6) is 0 Å². The fourth-order valence-electron chi connectivity index (χ4n) is 2.94. The lowest BCUT2D eigenvalue weighted by molar-refractivity contribution is -0.141. The number of amides is 1. The molecule has 22 heavy (non-hydrogen) atoms. The Morgan fingerprint density at radius 1 is 1.27 bits per heavy atom. The van der Waals surface area contributed by atoms with E-state index in [4.69, 9.17) is 5.11 Å². The van der Waals surface area contributed by atoms with Crippen LogP contribution in [0.2, 0.25) is 0 Å². The largest absolute Gasteiger partial charge is 0.481 e. The molecule has 0 saturated carbocycles. The highest BCUT2D eigenvalue weighted by Gasteiger charge is 2.31. The molecule has 1 aromatic carbocycles. The van der Waals surface area contributed by atoms with Gasteiger partial charge < -0.3 is 10.0 Å². The highest BCUT2D eigenvalue weighted by Crippen LogP contribution is 2.17. The van der Waals surface area contributed by atoms with Crippen LogP contribution in [-0.2, 0) is 23.2 Å². The molecule has 2 heterocycles. The summed E-state index contributed by atoms with van der Waals surface area (Å²) >= 11 is 0. The molecule has 7 nitrogen and oxygen atoms in total. The van der Waals surface area contributed by atoms with E-state index in [9.17, 15) is 14.4 Å². The van der Waals surface area contributed by atoms with Crippen LogP contribution in [0.15, 0.2) is 29.1 Å². The Hall–Kier alpha value is -2.57. The Bertz CT molecular complexity index is 805. The van der Waals surface area contributed by atoms with Gasteiger partial charge in [0, 0.05) is 20.1 Å². The molecule has 1 aromatic heterocycles. The maximum atomic E-state index is 12.4. The molecule has 1 aliphatic heterocycles. The number of nitrogens with zero attached hydrogens (tertiary/aromatic N) is 3. The van der Waals surface area contributed by atoms with Crippen LogP contribution in [-0.4, -0.2) is 44.1 Å². The summed E-state index contributed by atoms with van der Waals surface area (Å²) in [6.07, 6.45) is 0.464. The van der Waals surface area contributed by atoms with Crippen molar-refractivity contribution in [2.45, 2.75) is 13.0 Å². The number of carbonyl (C=O) groups is 2. The smallest absolute Gasteiger partial charge is 0.329 e. The third-order valence-electron chi connectivity index (χ3n) is 4.24. The van der Waals surface area contributed by atoms with Crippen molar-refractivity contribution in [2.24, 2.45) is 13.0 Å². The number of likely N-dealkylation sites (tertiary alicyclic amines) is 1. The van der Waals surface area contributed by atoms with Gasteiger partial charge in [-0.3, -0.25) is 18.7 Å². The van der Waals surface area contributed by atoms with Crippen molar-refractivity contribution in [1.82, 2.24) is 14.0 Å². The summed E-state index contributed by atoms with van der Waals surface area (Å²) in [5.41, 5.74) is 1.23. The first-order valence-electron chi connectivity index (χ1n) is 7.14. The van der Waals surface area contributed by atoms with E-state index in [1.807, 2.05) is 18.2 Å². The van der Waals surface area contributed by atoms with Crippen molar-refractivity contribution in [3.8, 4) is 0 Å². The Morgan fingerprint density at radius 3 is 2.59 bits per heavy atom. The molecular weight excluding hydrogens is 286 g/mol. The van der Waals surface area contributed by atoms with Gasteiger partial charge in [-0.15, -0.1) is 0 Å². The van der Waals surface area contributed by atoms with Crippen LogP contribution < -0.4 is 5.69 Å². The lowest BCUT2D eigenvalue weighted by Gasteiger charge is -2.16. The zero-order valence-electron chi connectivity index (χ0n) is 12.2. The van der Waals surface area contributed by atoms with Gasteiger partial charge >= 0.3 is 11.7 Å². The first-order valence-corrected chi connectivity index (χ1v) is 7.14. The standard InChI is InChI=1S/C15H17N3O4/c1-16-11-4-2-3-5-12(11)18(15(16)22)9-13(19)17-7-6-10(8-17)14(20)21/h2-5,10H,6-9H2,1H3,(H,20,21). The molecule has 0 bridgehead atoms. The Kier molecular flexibility index (Phi) is 3.48. The van der Waals surface area contributed by atoms with Crippen molar-refractivity contribution in [2.75, 3.05) is 13.1 Å². The molecule has 0 aliphatic carbocycles. The molecule has 1 saturated heterocycles. The minimum atomic E-state index is -0.877. The lowest BCUT2D eigenvalue weighted by Crippen LogP contribution is -2.35. The van der Waals surface area contributed by atoms with Gasteiger partial charge in [0.15, 0.2) is 0 Å². The predicted octanol–water partition coefficient (Wildman–Crippen LogP) is 0.273. The normalized spacial score (nSPS) is 18.0. The van der Waals surface area contributed by atoms with E-state index >= 15 is 0 Å². The fraction of sp³-hybridized carbons (Fsp3) is 0.400. The van der Waals surface area contributed by atoms with Crippen molar-refractivity contribution in [3.63, 3.8) is 0 Å². The van der Waals surface area contributed by atoms with Crippen LogP contribution >= 0.6 is 0 Å². The Morgan fingerprint density at radius 2 is 1.95 bits per heavy atom. The fourth-order valence-corrected chi connectivity index (χ4v) is 2.94. The highest BCUT2D eigenvalue weighted by atomic mass is 16.4. The van der Waals surface area contributed by atoms with E-state index in [0.29, 0.717) is 18.5 Å². The van der Waals surface area contributed by atoms with Gasteiger partial charge in [0.05, 0.1) is 17.0 Å². The number of fused-ring (bicyclic) bond motifs is 1. The summed E-state index contributed by atoms with van der Waals surface area (Å²) in [7, 11) is 1.67. The van der Waals surface area contributed by atoms with Gasteiger partial charge in [-0.1, -0.05) is 12.1 Å². The zero-order valence-corrected chi connectivity index (χ0v) is 12.2. The number of para-hydroxylation sites is 2. The van der Waals surface area contributed by atoms with Gasteiger partial charge in [-0.2, -0.15) is 0 Å². The summed E-state index contributed by atoms with van der Waals surface area (Å²) in [4.78, 5) is 37.1. The summed E-state index contributed by atoms with van der Waals surface area (Å²) in [5, 5.41) is 8.99. The van der Waals surface area contributed by atoms with Gasteiger partial charge in [0.1, 0.15) is 6.54 Å². The summed E-state index contributed by atoms with van der Waals surface area (Å²) < 4.78 is 2.94. The third-order valence-corrected chi connectivity index (χ3v) is 4.24. The van der Waals surface area contributed by atoms with Crippen molar-refractivity contribution in [3.05, 3.63) is 34.7 Å². The van der Waals surface area contributed by atoms with E-state index in [1.165, 1.54) is 14.0 Å². The summed E-state index contributed by atoms with van der Waals surface area (Å²) in [6, 6.07) is 7.28. The topological polar surface area (TPSA) is 84.5 Å². The van der Waals surface area contributed by atoms with E-state index in [1.54, 1.807) is 13.1 Å². The first-order chi connectivity index (χ1) is 10.5. The number of carbonyl (C=O) groups excluding carboxylic acids is 1. The van der Waals surface area contributed by atoms with E-state index < -0.39 is 11.9 Å². The zero-order chi connectivity index (χ0) is 15.9. The Balaban J connectivity index is 1.85. The van der Waals surface area contributed by atoms with Crippen LogP contribution in [0.3, 0.4) is 0 Å². The number of rotatable bonds is 3. The van der Waals surface area contributed by atoms with Gasteiger partial charge in [0.25, 0.3) is 0 Å². The second kappa shape index (κ2) is 5.32. The van der Waals surface area contributed by atoms with Gasteiger partial charge in [-0.05, 0) is 18.6 Å². The quantitative estimate of drug-likeness (QED) is 0.882. The molecule has 1 aliphatic rings. The van der Waals surface area contributed by atoms with Crippen molar-refractivity contribution < 1.29 is 14.7 Å². The number of carboxylic acids is 1. The second-order valence-corrected chi connectivity index (χ2v) is 5.58. The maximum Gasteiger partial charge on any atom is 0.329 e. The molecule has 0 radical (unpaired) electrons. The highest BCUT2D eigenvalue weighted by molar-refractivity contribution is 5.82. The number of aromatic nitrogens is 2. The van der Waals surface area contributed by atoms with Crippen molar-refractivity contribution in [1.29, 1.82) is 0 Å². The number of aryl methyl sites for hydroxylation is 1. The number of carboxylic acid groups (broad SMARTS) is 1. The molecule has 1 unspecified atom stereocenters. The molecule has 1 fully saturated rings. The molecule has 116 valence electrons. The molecular formula is C15H17N3O4. The van der Waals surface area contributed by atoms with E-state index in [-0.39, 0.29) is 24.7 Å². The van der Waals surface area contributed by atoms with E-state index in [2.05, 4.69) is 0 Å². The van der Waals surface area contributed by atoms with Gasteiger partial charge in [0.2, 0.25) is 5.91 Å². The van der Waals surface area contributed by atoms with Crippen LogP contribution in [0.4, 0.5) is 0 Å². The van der Waals surface area contributed by atoms with E-state index in [0.717, 1.165) is 5.52 Å². The number of hydrogen-bond acceptors (Lipinski definition) is 3. The average molecular weight is 303 g/mol. The number of aliphatic carboxylic acids is 1. The lowest BCUT2D eigenvalue weighted by atomic mass is 10.1. The predicted molar refractivity (Wildman–Crippen MR) is 79.5 cm³/mol. The molecule has 1 amide bonds. The number of imidazole rings is 1. The Labute approximate surface area is 126 Å². The molecule has 3 rings (SSSR count). The van der Waals surface area contributed by atoms with Crippen LogP contribution in [0, 0.1) is 5.92 Å². The molecule has 0 spiro atoms. The number of hydrogen-bond donors (Lipinski definition) is 1.